The summed E-state index contributed by atoms with van der Waals surface area (Å²) in [5.41, 5.74) is 3.12. The average Bonchev–Trinajstić information content (AvgIpc) is 3.17. The molecule has 0 saturated carbocycles. The Morgan fingerprint density at radius 3 is 2.56 bits per heavy atom. The highest BCUT2D eigenvalue weighted by Crippen LogP contribution is 2.21. The molecule has 32 heavy (non-hydrogen) atoms. The van der Waals surface area contributed by atoms with Gasteiger partial charge in [-0.1, -0.05) is 32.0 Å². The number of amides is 1. The first kappa shape index (κ1) is 21.5. The van der Waals surface area contributed by atoms with Gasteiger partial charge in [-0.05, 0) is 49.5 Å². The monoisotopic (exact) mass is 429 g/mol. The Bertz CT molecular complexity index is 1190. The van der Waals surface area contributed by atoms with Gasteiger partial charge in [-0.15, -0.1) is 0 Å². The molecule has 164 valence electrons. The van der Waals surface area contributed by atoms with Gasteiger partial charge in [0.2, 0.25) is 11.9 Å². The molecule has 0 bridgehead atoms. The van der Waals surface area contributed by atoms with Crippen molar-refractivity contribution in [1.82, 2.24) is 24.4 Å². The topological polar surface area (TPSA) is 88.0 Å². The van der Waals surface area contributed by atoms with E-state index in [0.29, 0.717) is 17.5 Å². The second-order valence-corrected chi connectivity index (χ2v) is 7.33. The number of likely N-dealkylation sites (N-methyl/N-ethyl adjacent to an activating group) is 1. The van der Waals surface area contributed by atoms with Crippen molar-refractivity contribution in [1.29, 1.82) is 0 Å². The van der Waals surface area contributed by atoms with Crippen LogP contribution in [0.1, 0.15) is 24.2 Å². The zero-order valence-electron chi connectivity index (χ0n) is 18.3. The summed E-state index contributed by atoms with van der Waals surface area (Å²) in [6.45, 7) is 7.89. The summed E-state index contributed by atoms with van der Waals surface area (Å²) in [6.07, 6.45) is 3.32. The molecule has 2 aromatic heterocycles. The van der Waals surface area contributed by atoms with Crippen LogP contribution in [0.4, 0.5) is 17.6 Å². The molecular weight excluding hydrogens is 402 g/mol. The third-order valence-corrected chi connectivity index (χ3v) is 5.36. The van der Waals surface area contributed by atoms with Crippen molar-refractivity contribution in [2.45, 2.75) is 20.4 Å². The summed E-state index contributed by atoms with van der Waals surface area (Å²) in [4.78, 5) is 28.4. The maximum atomic E-state index is 13.1. The number of aromatic nitrogens is 4. The Labute approximate surface area is 187 Å². The second kappa shape index (κ2) is 10.0. The number of rotatable bonds is 9. The summed E-state index contributed by atoms with van der Waals surface area (Å²) in [5.74, 6) is 0.804. The summed E-state index contributed by atoms with van der Waals surface area (Å²) < 4.78 is 2.07. The lowest BCUT2D eigenvalue weighted by Gasteiger charge is -2.19. The third-order valence-electron chi connectivity index (χ3n) is 5.36. The SMILES string of the molecule is CCN(CC)CCn1c(NC(=O)c2cccc(Nc3ncccn3)c2)nc2ccccc21. The molecule has 0 aliphatic heterocycles. The Morgan fingerprint density at radius 1 is 1.00 bits per heavy atom. The molecule has 0 spiro atoms. The van der Waals surface area contributed by atoms with E-state index in [-0.39, 0.29) is 5.91 Å². The number of benzene rings is 2. The average molecular weight is 430 g/mol. The zero-order valence-corrected chi connectivity index (χ0v) is 18.3. The van der Waals surface area contributed by atoms with Crippen LogP contribution in [0.15, 0.2) is 67.0 Å². The second-order valence-electron chi connectivity index (χ2n) is 7.33. The van der Waals surface area contributed by atoms with Gasteiger partial charge in [-0.25, -0.2) is 15.0 Å². The highest BCUT2D eigenvalue weighted by Gasteiger charge is 2.15. The lowest BCUT2D eigenvalue weighted by Crippen LogP contribution is -2.27. The maximum absolute atomic E-state index is 13.1. The van der Waals surface area contributed by atoms with Crippen LogP contribution >= 0.6 is 0 Å². The van der Waals surface area contributed by atoms with E-state index in [1.807, 2.05) is 36.4 Å². The third kappa shape index (κ3) is 4.92. The van der Waals surface area contributed by atoms with Gasteiger partial charge in [-0.3, -0.25) is 10.1 Å². The van der Waals surface area contributed by atoms with Gasteiger partial charge in [0, 0.05) is 36.7 Å². The van der Waals surface area contributed by atoms with Gasteiger partial charge in [0.15, 0.2) is 0 Å². The van der Waals surface area contributed by atoms with E-state index in [4.69, 9.17) is 0 Å². The van der Waals surface area contributed by atoms with Crippen molar-refractivity contribution in [3.8, 4) is 0 Å². The van der Waals surface area contributed by atoms with Crippen LogP contribution in [-0.2, 0) is 6.54 Å². The van der Waals surface area contributed by atoms with Crippen molar-refractivity contribution < 1.29 is 4.79 Å². The fourth-order valence-electron chi connectivity index (χ4n) is 3.58. The quantitative estimate of drug-likeness (QED) is 0.415. The van der Waals surface area contributed by atoms with Gasteiger partial charge in [0.25, 0.3) is 5.91 Å². The minimum absolute atomic E-state index is 0.220. The van der Waals surface area contributed by atoms with Crippen LogP contribution < -0.4 is 10.6 Å². The first-order valence-electron chi connectivity index (χ1n) is 10.8. The molecule has 0 saturated heterocycles. The van der Waals surface area contributed by atoms with E-state index >= 15 is 0 Å². The van der Waals surface area contributed by atoms with E-state index in [1.54, 1.807) is 30.6 Å². The van der Waals surface area contributed by atoms with E-state index < -0.39 is 0 Å². The number of para-hydroxylation sites is 2. The Morgan fingerprint density at radius 2 is 1.78 bits per heavy atom. The first-order valence-corrected chi connectivity index (χ1v) is 10.8. The smallest absolute Gasteiger partial charge is 0.258 e. The fourth-order valence-corrected chi connectivity index (χ4v) is 3.58. The summed E-state index contributed by atoms with van der Waals surface area (Å²) in [7, 11) is 0. The van der Waals surface area contributed by atoms with E-state index in [1.165, 1.54) is 0 Å². The molecule has 4 aromatic rings. The maximum Gasteiger partial charge on any atom is 0.258 e. The van der Waals surface area contributed by atoms with Crippen LogP contribution in [0.2, 0.25) is 0 Å². The number of hydrogen-bond donors (Lipinski definition) is 2. The molecule has 0 fully saturated rings. The molecule has 0 atom stereocenters. The van der Waals surface area contributed by atoms with Crippen LogP contribution in [0.25, 0.3) is 11.0 Å². The van der Waals surface area contributed by atoms with Crippen molar-refractivity contribution in [2.75, 3.05) is 30.3 Å². The predicted octanol–water partition coefficient (Wildman–Crippen LogP) is 4.16. The molecule has 1 amide bonds. The summed E-state index contributed by atoms with van der Waals surface area (Å²) in [6, 6.07) is 16.9. The number of fused-ring (bicyclic) bond motifs is 1. The number of nitrogens with zero attached hydrogens (tertiary/aromatic N) is 5. The molecule has 0 aliphatic carbocycles. The number of imidazole rings is 1. The van der Waals surface area contributed by atoms with Crippen molar-refractivity contribution in [2.24, 2.45) is 0 Å². The van der Waals surface area contributed by atoms with Gasteiger partial charge < -0.3 is 14.8 Å². The molecule has 2 N–H and O–H groups in total. The standard InChI is InChI=1S/C24H27N7O/c1-3-30(4-2)15-16-31-21-12-6-5-11-20(21)28-24(31)29-22(32)18-9-7-10-19(17-18)27-23-25-13-8-14-26-23/h5-14,17H,3-4,15-16H2,1-2H3,(H,25,26,27)(H,28,29,32). The number of hydrogen-bond acceptors (Lipinski definition) is 6. The number of carbonyl (C=O) groups excluding carboxylic acids is 1. The van der Waals surface area contributed by atoms with Crippen LogP contribution in [0.5, 0.6) is 0 Å². The predicted molar refractivity (Wildman–Crippen MR) is 127 cm³/mol. The number of carbonyl (C=O) groups is 1. The summed E-state index contributed by atoms with van der Waals surface area (Å²) in [5, 5.41) is 6.12. The van der Waals surface area contributed by atoms with Crippen molar-refractivity contribution in [3.05, 3.63) is 72.6 Å². The van der Waals surface area contributed by atoms with Crippen LogP contribution in [0, 0.1) is 0 Å². The van der Waals surface area contributed by atoms with Crippen molar-refractivity contribution in [3.63, 3.8) is 0 Å². The molecule has 8 heteroatoms. The normalized spacial score (nSPS) is 11.1. The van der Waals surface area contributed by atoms with Gasteiger partial charge in [0.1, 0.15) is 0 Å². The van der Waals surface area contributed by atoms with Crippen LogP contribution in [-0.4, -0.2) is 50.0 Å². The zero-order chi connectivity index (χ0) is 22.3. The minimum atomic E-state index is -0.220. The largest absolute Gasteiger partial charge is 0.324 e. The lowest BCUT2D eigenvalue weighted by molar-refractivity contribution is 0.102. The molecule has 0 aliphatic rings. The highest BCUT2D eigenvalue weighted by molar-refractivity contribution is 6.04. The van der Waals surface area contributed by atoms with Gasteiger partial charge >= 0.3 is 0 Å². The van der Waals surface area contributed by atoms with Crippen LogP contribution in [0.3, 0.4) is 0 Å². The Hall–Kier alpha value is -3.78. The van der Waals surface area contributed by atoms with E-state index in [0.717, 1.165) is 42.9 Å². The Kier molecular flexibility index (Phi) is 6.72. The Balaban J connectivity index is 1.56. The molecule has 2 aromatic carbocycles. The van der Waals surface area contributed by atoms with E-state index in [2.05, 4.69) is 48.9 Å². The molecular formula is C24H27N7O. The first-order chi connectivity index (χ1) is 15.7. The van der Waals surface area contributed by atoms with Crippen molar-refractivity contribution >= 4 is 34.5 Å². The lowest BCUT2D eigenvalue weighted by atomic mass is 10.2. The van der Waals surface area contributed by atoms with Gasteiger partial charge in [0.05, 0.1) is 11.0 Å². The fraction of sp³-hybridized carbons (Fsp3) is 0.250. The summed E-state index contributed by atoms with van der Waals surface area (Å²) >= 11 is 0. The molecule has 0 unspecified atom stereocenters. The molecule has 2 heterocycles. The van der Waals surface area contributed by atoms with E-state index in [9.17, 15) is 4.79 Å². The molecule has 8 nitrogen and oxygen atoms in total. The van der Waals surface area contributed by atoms with Gasteiger partial charge in [-0.2, -0.15) is 0 Å². The highest BCUT2D eigenvalue weighted by atomic mass is 16.1. The molecule has 4 rings (SSSR count). The molecule has 0 radical (unpaired) electrons. The minimum Gasteiger partial charge on any atom is -0.324 e. The number of anilines is 3. The number of nitrogens with one attached hydrogen (secondary N) is 2.